The third-order valence-electron chi connectivity index (χ3n) is 4.41. The zero-order valence-corrected chi connectivity index (χ0v) is 13.4. The highest BCUT2D eigenvalue weighted by molar-refractivity contribution is 6.30. The summed E-state index contributed by atoms with van der Waals surface area (Å²) >= 11 is 6.27. The standard InChI is InChI=1S/C15H25ClN2O2/c1-4-20-15(8-6-5-7-9-15)13(19)10-12-11(2)17-18(3)14(12)16/h13,19H,4-10H2,1-3H3. The van der Waals surface area contributed by atoms with Crippen molar-refractivity contribution in [3.63, 3.8) is 0 Å². The van der Waals surface area contributed by atoms with E-state index in [4.69, 9.17) is 16.3 Å². The van der Waals surface area contributed by atoms with E-state index in [0.717, 1.165) is 36.9 Å². The maximum Gasteiger partial charge on any atom is 0.130 e. The van der Waals surface area contributed by atoms with Gasteiger partial charge in [-0.3, -0.25) is 4.68 Å². The summed E-state index contributed by atoms with van der Waals surface area (Å²) in [6.07, 6.45) is 5.32. The van der Waals surface area contributed by atoms with Crippen LogP contribution in [0.4, 0.5) is 0 Å². The topological polar surface area (TPSA) is 47.3 Å². The van der Waals surface area contributed by atoms with E-state index >= 15 is 0 Å². The number of hydrogen-bond donors (Lipinski definition) is 1. The van der Waals surface area contributed by atoms with Crippen LogP contribution < -0.4 is 0 Å². The van der Waals surface area contributed by atoms with E-state index in [2.05, 4.69) is 5.10 Å². The Labute approximate surface area is 126 Å². The number of hydrogen-bond acceptors (Lipinski definition) is 3. The first-order valence-corrected chi connectivity index (χ1v) is 7.88. The Morgan fingerprint density at radius 2 is 2.05 bits per heavy atom. The number of ether oxygens (including phenoxy) is 1. The highest BCUT2D eigenvalue weighted by Crippen LogP contribution is 2.36. The lowest BCUT2D eigenvalue weighted by Crippen LogP contribution is -2.47. The Balaban J connectivity index is 2.17. The van der Waals surface area contributed by atoms with Crippen LogP contribution in [0.15, 0.2) is 0 Å². The fourth-order valence-electron chi connectivity index (χ4n) is 3.30. The van der Waals surface area contributed by atoms with Crippen LogP contribution in [0, 0.1) is 6.92 Å². The van der Waals surface area contributed by atoms with Crippen molar-refractivity contribution in [2.24, 2.45) is 7.05 Å². The molecular weight excluding hydrogens is 276 g/mol. The van der Waals surface area contributed by atoms with Gasteiger partial charge in [0.2, 0.25) is 0 Å². The van der Waals surface area contributed by atoms with Crippen LogP contribution in [-0.4, -0.2) is 33.2 Å². The molecule has 0 spiro atoms. The highest BCUT2D eigenvalue weighted by atomic mass is 35.5. The molecule has 1 fully saturated rings. The Morgan fingerprint density at radius 1 is 1.40 bits per heavy atom. The number of rotatable bonds is 5. The molecule has 20 heavy (non-hydrogen) atoms. The van der Waals surface area contributed by atoms with Gasteiger partial charge in [0.1, 0.15) is 5.15 Å². The van der Waals surface area contributed by atoms with E-state index in [-0.39, 0.29) is 0 Å². The number of aliphatic hydroxyl groups is 1. The predicted molar refractivity (Wildman–Crippen MR) is 80.1 cm³/mol. The molecule has 4 nitrogen and oxygen atoms in total. The van der Waals surface area contributed by atoms with Crippen LogP contribution in [0.1, 0.15) is 50.3 Å². The van der Waals surface area contributed by atoms with Gasteiger partial charge in [0.25, 0.3) is 0 Å². The summed E-state index contributed by atoms with van der Waals surface area (Å²) in [5.41, 5.74) is 1.42. The molecule has 1 N–H and O–H groups in total. The molecule has 1 aromatic heterocycles. The molecule has 1 unspecified atom stereocenters. The lowest BCUT2D eigenvalue weighted by molar-refractivity contribution is -0.138. The zero-order chi connectivity index (χ0) is 14.8. The average molecular weight is 301 g/mol. The first-order chi connectivity index (χ1) is 9.50. The van der Waals surface area contributed by atoms with Gasteiger partial charge < -0.3 is 9.84 Å². The molecule has 5 heteroatoms. The van der Waals surface area contributed by atoms with Gasteiger partial charge in [-0.25, -0.2) is 0 Å². The fraction of sp³-hybridized carbons (Fsp3) is 0.800. The van der Waals surface area contributed by atoms with Crippen molar-refractivity contribution in [1.29, 1.82) is 0 Å². The normalized spacial score (nSPS) is 20.1. The quantitative estimate of drug-likeness (QED) is 0.909. The first kappa shape index (κ1) is 15.8. The van der Waals surface area contributed by atoms with Crippen molar-refractivity contribution in [2.75, 3.05) is 6.61 Å². The molecule has 1 heterocycles. The second kappa shape index (κ2) is 6.46. The molecule has 1 aliphatic carbocycles. The van der Waals surface area contributed by atoms with Crippen molar-refractivity contribution in [1.82, 2.24) is 9.78 Å². The van der Waals surface area contributed by atoms with E-state index in [0.29, 0.717) is 18.2 Å². The van der Waals surface area contributed by atoms with E-state index in [9.17, 15) is 5.11 Å². The largest absolute Gasteiger partial charge is 0.390 e. The molecule has 0 aliphatic heterocycles. The summed E-state index contributed by atoms with van der Waals surface area (Å²) in [6, 6.07) is 0. The van der Waals surface area contributed by atoms with Gasteiger partial charge in [0.05, 0.1) is 17.4 Å². The van der Waals surface area contributed by atoms with Crippen molar-refractivity contribution in [2.45, 2.75) is 64.1 Å². The fourth-order valence-corrected chi connectivity index (χ4v) is 3.55. The predicted octanol–water partition coefficient (Wildman–Crippen LogP) is 3.02. The Kier molecular flexibility index (Phi) is 5.10. The van der Waals surface area contributed by atoms with Crippen LogP contribution >= 0.6 is 11.6 Å². The number of halogens is 1. The van der Waals surface area contributed by atoms with Gasteiger partial charge in [-0.15, -0.1) is 0 Å². The summed E-state index contributed by atoms with van der Waals surface area (Å²) < 4.78 is 7.63. The van der Waals surface area contributed by atoms with Gasteiger partial charge >= 0.3 is 0 Å². The first-order valence-electron chi connectivity index (χ1n) is 7.50. The maximum atomic E-state index is 10.7. The molecule has 1 aromatic rings. The SMILES string of the molecule is CCOC1(C(O)Cc2c(C)nn(C)c2Cl)CCCCC1. The summed E-state index contributed by atoms with van der Waals surface area (Å²) in [6.45, 7) is 4.56. The lowest BCUT2D eigenvalue weighted by Gasteiger charge is -2.41. The summed E-state index contributed by atoms with van der Waals surface area (Å²) in [5.74, 6) is 0. The number of nitrogens with zero attached hydrogens (tertiary/aromatic N) is 2. The molecule has 0 amide bonds. The molecular formula is C15H25ClN2O2. The van der Waals surface area contributed by atoms with E-state index < -0.39 is 11.7 Å². The molecule has 0 radical (unpaired) electrons. The summed E-state index contributed by atoms with van der Waals surface area (Å²) in [5, 5.41) is 15.7. The van der Waals surface area contributed by atoms with Crippen molar-refractivity contribution in [3.05, 3.63) is 16.4 Å². The second-order valence-corrected chi connectivity index (χ2v) is 6.11. The van der Waals surface area contributed by atoms with Crippen LogP contribution in [0.3, 0.4) is 0 Å². The van der Waals surface area contributed by atoms with Gasteiger partial charge in [0, 0.05) is 25.6 Å². The molecule has 0 saturated heterocycles. The zero-order valence-electron chi connectivity index (χ0n) is 12.7. The van der Waals surface area contributed by atoms with E-state index in [1.807, 2.05) is 20.9 Å². The Hall–Kier alpha value is -0.580. The lowest BCUT2D eigenvalue weighted by atomic mass is 9.78. The van der Waals surface area contributed by atoms with Crippen LogP contribution in [0.2, 0.25) is 5.15 Å². The summed E-state index contributed by atoms with van der Waals surface area (Å²) in [7, 11) is 1.82. The Bertz CT molecular complexity index is 447. The van der Waals surface area contributed by atoms with Crippen LogP contribution in [-0.2, 0) is 18.2 Å². The number of aryl methyl sites for hydroxylation is 2. The van der Waals surface area contributed by atoms with Crippen LogP contribution in [0.5, 0.6) is 0 Å². The maximum absolute atomic E-state index is 10.7. The molecule has 1 aliphatic rings. The minimum absolute atomic E-state index is 0.404. The minimum Gasteiger partial charge on any atom is -0.390 e. The van der Waals surface area contributed by atoms with Gasteiger partial charge in [-0.1, -0.05) is 30.9 Å². The smallest absolute Gasteiger partial charge is 0.130 e. The molecule has 2 rings (SSSR count). The number of aromatic nitrogens is 2. The highest BCUT2D eigenvalue weighted by Gasteiger charge is 2.40. The molecule has 1 saturated carbocycles. The van der Waals surface area contributed by atoms with Crippen molar-refractivity contribution in [3.8, 4) is 0 Å². The molecule has 0 aromatic carbocycles. The van der Waals surface area contributed by atoms with Gasteiger partial charge in [-0.05, 0) is 26.7 Å². The molecule has 0 bridgehead atoms. The van der Waals surface area contributed by atoms with Crippen molar-refractivity contribution >= 4 is 11.6 Å². The van der Waals surface area contributed by atoms with E-state index in [1.54, 1.807) is 4.68 Å². The van der Waals surface area contributed by atoms with Crippen molar-refractivity contribution < 1.29 is 9.84 Å². The third kappa shape index (κ3) is 3.02. The molecule has 114 valence electrons. The van der Waals surface area contributed by atoms with Gasteiger partial charge in [0.15, 0.2) is 0 Å². The minimum atomic E-state index is -0.525. The monoisotopic (exact) mass is 300 g/mol. The van der Waals surface area contributed by atoms with E-state index in [1.165, 1.54) is 6.42 Å². The summed E-state index contributed by atoms with van der Waals surface area (Å²) in [4.78, 5) is 0. The Morgan fingerprint density at radius 3 is 2.55 bits per heavy atom. The molecule has 1 atom stereocenters. The average Bonchev–Trinajstić information content (AvgIpc) is 2.67. The van der Waals surface area contributed by atoms with Gasteiger partial charge in [-0.2, -0.15) is 5.10 Å². The second-order valence-electron chi connectivity index (χ2n) is 5.76. The van der Waals surface area contributed by atoms with Crippen LogP contribution in [0.25, 0.3) is 0 Å². The third-order valence-corrected chi connectivity index (χ3v) is 4.88. The number of aliphatic hydroxyl groups excluding tert-OH is 1.